The standard InChI is InChI=1S/C21H19N3O.C14H15BrN2O.C7H5N/c1-3-21(2)13-19-23-18-12-15(7-9-16-6-4-5-11-22-16)8-10-17(18)20(25)24(19)14-21;1-3-14(2)7-12-16-11-6-9(15)4-5-10(11)13(18)17(12)8-14;1-2-7-5-3-4-6-8-7/h4-6,8,10-12H,3,13-14H2,1-2H3;4-6H,3,7-8H2,1-2H3;1,3-6H. The molecule has 0 amide bonds. The van der Waals surface area contributed by atoms with Crippen molar-refractivity contribution in [3.63, 3.8) is 0 Å². The minimum atomic E-state index is 0.0569. The predicted octanol–water partition coefficient (Wildman–Crippen LogP) is 7.36. The number of hydrogen-bond acceptors (Lipinski definition) is 6. The highest BCUT2D eigenvalue weighted by atomic mass is 79.9. The number of pyridine rings is 2. The zero-order valence-electron chi connectivity index (χ0n) is 29.3. The Morgan fingerprint density at radius 1 is 0.725 bits per heavy atom. The van der Waals surface area contributed by atoms with E-state index >= 15 is 0 Å². The molecule has 2 atom stereocenters. The van der Waals surface area contributed by atoms with Crippen molar-refractivity contribution < 1.29 is 0 Å². The Labute approximate surface area is 306 Å². The Morgan fingerprint density at radius 2 is 1.25 bits per heavy atom. The van der Waals surface area contributed by atoms with Crippen molar-refractivity contribution in [3.8, 4) is 24.2 Å². The summed E-state index contributed by atoms with van der Waals surface area (Å²) in [6.07, 6.45) is 12.3. The molecule has 2 aliphatic heterocycles. The summed E-state index contributed by atoms with van der Waals surface area (Å²) in [7, 11) is 0. The van der Waals surface area contributed by atoms with Crippen molar-refractivity contribution in [1.29, 1.82) is 0 Å². The fourth-order valence-electron chi connectivity index (χ4n) is 6.31. The number of rotatable bonds is 2. The summed E-state index contributed by atoms with van der Waals surface area (Å²) in [5.74, 6) is 10.4. The van der Waals surface area contributed by atoms with Gasteiger partial charge in [-0.15, -0.1) is 6.42 Å². The first-order valence-corrected chi connectivity index (χ1v) is 17.9. The minimum absolute atomic E-state index is 0.0569. The lowest BCUT2D eigenvalue weighted by Gasteiger charge is -2.19. The van der Waals surface area contributed by atoms with Crippen LogP contribution in [0.3, 0.4) is 0 Å². The molecule has 0 saturated heterocycles. The number of halogens is 1. The van der Waals surface area contributed by atoms with Gasteiger partial charge in [0, 0.05) is 48.4 Å². The highest BCUT2D eigenvalue weighted by Gasteiger charge is 2.34. The van der Waals surface area contributed by atoms with Gasteiger partial charge in [-0.25, -0.2) is 19.9 Å². The van der Waals surface area contributed by atoms with Crippen LogP contribution in [0.4, 0.5) is 0 Å². The first-order chi connectivity index (χ1) is 24.5. The predicted molar refractivity (Wildman–Crippen MR) is 206 cm³/mol. The first kappa shape index (κ1) is 35.4. The lowest BCUT2D eigenvalue weighted by molar-refractivity contribution is 0.303. The van der Waals surface area contributed by atoms with Gasteiger partial charge in [0.1, 0.15) is 23.0 Å². The summed E-state index contributed by atoms with van der Waals surface area (Å²) in [6.45, 7) is 10.3. The van der Waals surface area contributed by atoms with Crippen LogP contribution in [-0.4, -0.2) is 29.1 Å². The van der Waals surface area contributed by atoms with E-state index < -0.39 is 0 Å². The second kappa shape index (κ2) is 14.8. The Hall–Kier alpha value is -5.38. The maximum absolute atomic E-state index is 12.8. The molecule has 2 unspecified atom stereocenters. The monoisotopic (exact) mass is 738 g/mol. The average molecular weight is 740 g/mol. The largest absolute Gasteiger partial charge is 0.296 e. The third kappa shape index (κ3) is 7.85. The summed E-state index contributed by atoms with van der Waals surface area (Å²) < 4.78 is 4.65. The molecule has 6 aromatic rings. The number of terminal acetylenes is 1. The van der Waals surface area contributed by atoms with Gasteiger partial charge in [0.15, 0.2) is 0 Å². The Bertz CT molecular complexity index is 2460. The lowest BCUT2D eigenvalue weighted by atomic mass is 9.86. The summed E-state index contributed by atoms with van der Waals surface area (Å²) in [6, 6.07) is 22.4. The molecule has 0 bridgehead atoms. The molecule has 51 heavy (non-hydrogen) atoms. The summed E-state index contributed by atoms with van der Waals surface area (Å²) in [5, 5.41) is 1.37. The molecule has 2 aromatic carbocycles. The zero-order chi connectivity index (χ0) is 36.2. The fourth-order valence-corrected chi connectivity index (χ4v) is 6.66. The van der Waals surface area contributed by atoms with E-state index in [0.29, 0.717) is 16.5 Å². The van der Waals surface area contributed by atoms with E-state index in [-0.39, 0.29) is 21.9 Å². The van der Waals surface area contributed by atoms with E-state index in [9.17, 15) is 9.59 Å². The molecular formula is C42H39BrN6O2. The van der Waals surface area contributed by atoms with Crippen LogP contribution in [-0.2, 0) is 25.9 Å². The van der Waals surface area contributed by atoms with Gasteiger partial charge in [-0.3, -0.25) is 18.7 Å². The van der Waals surface area contributed by atoms with Gasteiger partial charge in [-0.2, -0.15) is 0 Å². The third-order valence-corrected chi connectivity index (χ3v) is 10.3. The molecule has 8 rings (SSSR count). The number of aromatic nitrogens is 6. The van der Waals surface area contributed by atoms with Gasteiger partial charge >= 0.3 is 0 Å². The summed E-state index contributed by atoms with van der Waals surface area (Å²) in [4.78, 5) is 42.7. The van der Waals surface area contributed by atoms with E-state index in [4.69, 9.17) is 11.4 Å². The topological polar surface area (TPSA) is 95.6 Å². The molecule has 9 heteroatoms. The Balaban J connectivity index is 0.000000150. The average Bonchev–Trinajstić information content (AvgIpc) is 3.69. The number of benzene rings is 2. The summed E-state index contributed by atoms with van der Waals surface area (Å²) >= 11 is 3.42. The molecule has 8 nitrogen and oxygen atoms in total. The third-order valence-electron chi connectivity index (χ3n) is 9.80. The quantitative estimate of drug-likeness (QED) is 0.172. The highest BCUT2D eigenvalue weighted by Crippen LogP contribution is 2.34. The molecule has 0 spiro atoms. The SMILES string of the molecule is C#Cc1ccccn1.CCC1(C)Cc2nc3cc(Br)ccc3c(=O)n2C1.CCC1(C)Cc2nc3cc(C#Cc4ccccn4)ccc3c(=O)n2C1. The number of fused-ring (bicyclic) bond motifs is 4. The van der Waals surface area contributed by atoms with Crippen LogP contribution < -0.4 is 11.1 Å². The van der Waals surface area contributed by atoms with Crippen LogP contribution in [0.25, 0.3) is 21.8 Å². The van der Waals surface area contributed by atoms with E-state index in [1.807, 2.05) is 75.9 Å². The van der Waals surface area contributed by atoms with Crippen molar-refractivity contribution in [2.45, 2.75) is 66.5 Å². The van der Waals surface area contributed by atoms with Crippen molar-refractivity contribution in [2.24, 2.45) is 10.8 Å². The van der Waals surface area contributed by atoms with Crippen LogP contribution in [0, 0.1) is 35.0 Å². The van der Waals surface area contributed by atoms with Gasteiger partial charge in [0.2, 0.25) is 0 Å². The zero-order valence-corrected chi connectivity index (χ0v) is 30.9. The Kier molecular flexibility index (Phi) is 10.3. The summed E-state index contributed by atoms with van der Waals surface area (Å²) in [5.41, 5.74) is 4.22. The van der Waals surface area contributed by atoms with Crippen LogP contribution in [0.5, 0.6) is 0 Å². The molecule has 6 heterocycles. The first-order valence-electron chi connectivity index (χ1n) is 17.1. The van der Waals surface area contributed by atoms with E-state index in [1.54, 1.807) is 18.5 Å². The molecule has 0 saturated carbocycles. The molecule has 2 aliphatic rings. The van der Waals surface area contributed by atoms with Gasteiger partial charge in [0.25, 0.3) is 11.1 Å². The molecular weight excluding hydrogens is 700 g/mol. The molecule has 0 N–H and O–H groups in total. The minimum Gasteiger partial charge on any atom is -0.296 e. The normalized spacial score (nSPS) is 18.3. The lowest BCUT2D eigenvalue weighted by Crippen LogP contribution is -2.23. The van der Waals surface area contributed by atoms with Crippen molar-refractivity contribution in [2.75, 3.05) is 0 Å². The molecule has 0 radical (unpaired) electrons. The number of nitrogens with zero attached hydrogens (tertiary/aromatic N) is 6. The van der Waals surface area contributed by atoms with Crippen LogP contribution >= 0.6 is 15.9 Å². The van der Waals surface area contributed by atoms with Crippen molar-refractivity contribution in [1.82, 2.24) is 29.1 Å². The van der Waals surface area contributed by atoms with Crippen LogP contribution in [0.2, 0.25) is 0 Å². The van der Waals surface area contributed by atoms with E-state index in [0.717, 1.165) is 77.2 Å². The molecule has 256 valence electrons. The molecule has 0 fully saturated rings. The molecule has 0 aliphatic carbocycles. The van der Waals surface area contributed by atoms with Crippen LogP contribution in [0.15, 0.2) is 99.3 Å². The van der Waals surface area contributed by atoms with Gasteiger partial charge in [-0.05, 0) is 90.3 Å². The molecule has 4 aromatic heterocycles. The van der Waals surface area contributed by atoms with Gasteiger partial charge < -0.3 is 0 Å². The maximum atomic E-state index is 12.8. The number of hydrogen-bond donors (Lipinski definition) is 0. The van der Waals surface area contributed by atoms with Crippen LogP contribution in [0.1, 0.15) is 69.1 Å². The highest BCUT2D eigenvalue weighted by molar-refractivity contribution is 9.10. The van der Waals surface area contributed by atoms with E-state index in [1.165, 1.54) is 0 Å². The van der Waals surface area contributed by atoms with Crippen molar-refractivity contribution in [3.05, 3.63) is 139 Å². The van der Waals surface area contributed by atoms with Gasteiger partial charge in [-0.1, -0.05) is 67.6 Å². The smallest absolute Gasteiger partial charge is 0.261 e. The fraction of sp³-hybridized carbons (Fsp3) is 0.286. The second-order valence-corrected chi connectivity index (χ2v) is 14.7. The Morgan fingerprint density at radius 3 is 1.75 bits per heavy atom. The van der Waals surface area contributed by atoms with E-state index in [2.05, 4.69) is 76.3 Å². The maximum Gasteiger partial charge on any atom is 0.261 e. The second-order valence-electron chi connectivity index (χ2n) is 13.7. The van der Waals surface area contributed by atoms with Crippen molar-refractivity contribution >= 4 is 37.7 Å². The van der Waals surface area contributed by atoms with Gasteiger partial charge in [0.05, 0.1) is 21.8 Å².